The summed E-state index contributed by atoms with van der Waals surface area (Å²) in [5, 5.41) is 0. The lowest BCUT2D eigenvalue weighted by Gasteiger charge is -2.15. The smallest absolute Gasteiger partial charge is 0.417 e. The summed E-state index contributed by atoms with van der Waals surface area (Å²) in [6, 6.07) is 0.821. The molecule has 0 bridgehead atoms. The fraction of sp³-hybridized carbons (Fsp3) is 0.462. The van der Waals surface area contributed by atoms with Crippen LogP contribution in [0, 0.1) is 0 Å². The first-order valence-electron chi connectivity index (χ1n) is 6.03. The number of hydrogen-bond acceptors (Lipinski definition) is 2. The minimum absolute atomic E-state index is 0.0869. The average molecular weight is 314 g/mol. The highest BCUT2D eigenvalue weighted by atomic mass is 19.4. The molecule has 118 valence electrons. The fourth-order valence-corrected chi connectivity index (χ4v) is 1.52. The molecule has 2 nitrogen and oxygen atoms in total. The SMILES string of the molecule is CCCCOC(=O)c1ccc(C(F)(F)F)cc1C(F)(F)F. The van der Waals surface area contributed by atoms with Crippen molar-refractivity contribution >= 4 is 5.97 Å². The molecular formula is C13H12F6O2. The molecular weight excluding hydrogens is 302 g/mol. The van der Waals surface area contributed by atoms with E-state index in [0.717, 1.165) is 0 Å². The molecule has 0 saturated carbocycles. The van der Waals surface area contributed by atoms with Gasteiger partial charge in [-0.25, -0.2) is 4.79 Å². The molecule has 0 saturated heterocycles. The molecule has 8 heteroatoms. The Labute approximate surface area is 116 Å². The van der Waals surface area contributed by atoms with Gasteiger partial charge in [-0.1, -0.05) is 13.3 Å². The van der Waals surface area contributed by atoms with Crippen LogP contribution in [0.15, 0.2) is 18.2 Å². The van der Waals surface area contributed by atoms with Crippen molar-refractivity contribution in [1.82, 2.24) is 0 Å². The fourth-order valence-electron chi connectivity index (χ4n) is 1.52. The number of alkyl halides is 6. The largest absolute Gasteiger partial charge is 0.462 e. The van der Waals surface area contributed by atoms with Gasteiger partial charge in [0.1, 0.15) is 0 Å². The van der Waals surface area contributed by atoms with Crippen LogP contribution < -0.4 is 0 Å². The molecule has 0 spiro atoms. The van der Waals surface area contributed by atoms with Crippen LogP contribution in [0.2, 0.25) is 0 Å². The Morgan fingerprint density at radius 1 is 1.10 bits per heavy atom. The summed E-state index contributed by atoms with van der Waals surface area (Å²) in [6.45, 7) is 1.70. The molecule has 0 heterocycles. The van der Waals surface area contributed by atoms with Crippen molar-refractivity contribution in [2.24, 2.45) is 0 Å². The van der Waals surface area contributed by atoms with Gasteiger partial charge in [-0.3, -0.25) is 0 Å². The third-order valence-electron chi connectivity index (χ3n) is 2.60. The van der Waals surface area contributed by atoms with Gasteiger partial charge in [0.25, 0.3) is 0 Å². The van der Waals surface area contributed by atoms with E-state index in [9.17, 15) is 31.1 Å². The number of rotatable bonds is 4. The number of hydrogen-bond donors (Lipinski definition) is 0. The number of carbonyl (C=O) groups is 1. The number of unbranched alkanes of at least 4 members (excludes halogenated alkanes) is 1. The van der Waals surface area contributed by atoms with Crippen LogP contribution >= 0.6 is 0 Å². The first-order valence-corrected chi connectivity index (χ1v) is 6.03. The van der Waals surface area contributed by atoms with Crippen LogP contribution in [0.4, 0.5) is 26.3 Å². The maximum Gasteiger partial charge on any atom is 0.417 e. The zero-order valence-corrected chi connectivity index (χ0v) is 10.9. The van der Waals surface area contributed by atoms with E-state index in [1.54, 1.807) is 6.92 Å². The summed E-state index contributed by atoms with van der Waals surface area (Å²) in [7, 11) is 0. The highest BCUT2D eigenvalue weighted by molar-refractivity contribution is 5.91. The van der Waals surface area contributed by atoms with Gasteiger partial charge in [-0.05, 0) is 24.6 Å². The van der Waals surface area contributed by atoms with Crippen molar-refractivity contribution in [2.75, 3.05) is 6.61 Å². The van der Waals surface area contributed by atoms with E-state index in [-0.39, 0.29) is 12.7 Å². The lowest BCUT2D eigenvalue weighted by Crippen LogP contribution is -2.17. The number of esters is 1. The quantitative estimate of drug-likeness (QED) is 0.458. The molecule has 1 aromatic rings. The van der Waals surface area contributed by atoms with E-state index >= 15 is 0 Å². The molecule has 1 aromatic carbocycles. The molecule has 0 radical (unpaired) electrons. The average Bonchev–Trinajstić information content (AvgIpc) is 2.36. The minimum Gasteiger partial charge on any atom is -0.462 e. The summed E-state index contributed by atoms with van der Waals surface area (Å²) in [6.07, 6.45) is -8.90. The monoisotopic (exact) mass is 314 g/mol. The van der Waals surface area contributed by atoms with E-state index in [2.05, 4.69) is 4.74 Å². The predicted molar refractivity (Wildman–Crippen MR) is 61.6 cm³/mol. The Kier molecular flexibility index (Phi) is 5.25. The molecule has 0 aromatic heterocycles. The molecule has 1 rings (SSSR count). The van der Waals surface area contributed by atoms with Gasteiger partial charge in [-0.15, -0.1) is 0 Å². The second-order valence-corrected chi connectivity index (χ2v) is 4.25. The Morgan fingerprint density at radius 2 is 1.71 bits per heavy atom. The van der Waals surface area contributed by atoms with Crippen LogP contribution in [0.25, 0.3) is 0 Å². The van der Waals surface area contributed by atoms with Gasteiger partial charge in [0.05, 0.1) is 23.3 Å². The molecule has 0 unspecified atom stereocenters. The molecule has 0 amide bonds. The van der Waals surface area contributed by atoms with Gasteiger partial charge in [0.15, 0.2) is 0 Å². The van der Waals surface area contributed by atoms with Crippen molar-refractivity contribution in [3.05, 3.63) is 34.9 Å². The van der Waals surface area contributed by atoms with Crippen molar-refractivity contribution < 1.29 is 35.9 Å². The van der Waals surface area contributed by atoms with Crippen molar-refractivity contribution in [2.45, 2.75) is 32.1 Å². The highest BCUT2D eigenvalue weighted by Crippen LogP contribution is 2.37. The van der Waals surface area contributed by atoms with Crippen LogP contribution in [-0.2, 0) is 17.1 Å². The maximum absolute atomic E-state index is 12.8. The van der Waals surface area contributed by atoms with Crippen LogP contribution in [0.1, 0.15) is 41.3 Å². The first-order chi connectivity index (χ1) is 9.57. The van der Waals surface area contributed by atoms with E-state index in [1.807, 2.05) is 0 Å². The van der Waals surface area contributed by atoms with Crippen LogP contribution in [0.3, 0.4) is 0 Å². The lowest BCUT2D eigenvalue weighted by atomic mass is 10.0. The second-order valence-electron chi connectivity index (χ2n) is 4.25. The lowest BCUT2D eigenvalue weighted by molar-refractivity contribution is -0.143. The summed E-state index contributed by atoms with van der Waals surface area (Å²) in [5.41, 5.74) is -4.05. The Balaban J connectivity index is 3.17. The summed E-state index contributed by atoms with van der Waals surface area (Å²) < 4.78 is 80.3. The number of ether oxygens (including phenoxy) is 1. The Bertz CT molecular complexity index is 504. The van der Waals surface area contributed by atoms with Gasteiger partial charge < -0.3 is 4.74 Å². The van der Waals surface area contributed by atoms with Gasteiger partial charge in [0, 0.05) is 0 Å². The number of benzene rings is 1. The minimum atomic E-state index is -5.08. The first kappa shape index (κ1) is 17.3. The van der Waals surface area contributed by atoms with E-state index in [4.69, 9.17) is 0 Å². The van der Waals surface area contributed by atoms with E-state index < -0.39 is 35.0 Å². The molecule has 0 fully saturated rings. The van der Waals surface area contributed by atoms with Crippen molar-refractivity contribution in [1.29, 1.82) is 0 Å². The van der Waals surface area contributed by atoms with Gasteiger partial charge in [0.2, 0.25) is 0 Å². The second kappa shape index (κ2) is 6.36. The Morgan fingerprint density at radius 3 is 2.19 bits per heavy atom. The van der Waals surface area contributed by atoms with E-state index in [0.29, 0.717) is 25.0 Å². The van der Waals surface area contributed by atoms with Crippen molar-refractivity contribution in [3.63, 3.8) is 0 Å². The summed E-state index contributed by atoms with van der Waals surface area (Å²) >= 11 is 0. The predicted octanol–water partition coefficient (Wildman–Crippen LogP) is 4.68. The summed E-state index contributed by atoms with van der Waals surface area (Å²) in [5.74, 6) is -1.29. The zero-order chi connectivity index (χ0) is 16.3. The Hall–Kier alpha value is -1.73. The topological polar surface area (TPSA) is 26.3 Å². The summed E-state index contributed by atoms with van der Waals surface area (Å²) in [4.78, 5) is 11.5. The number of carbonyl (C=O) groups excluding carboxylic acids is 1. The molecule has 0 atom stereocenters. The van der Waals surface area contributed by atoms with Crippen LogP contribution in [-0.4, -0.2) is 12.6 Å². The normalized spacial score (nSPS) is 12.3. The van der Waals surface area contributed by atoms with Crippen molar-refractivity contribution in [3.8, 4) is 0 Å². The zero-order valence-electron chi connectivity index (χ0n) is 10.9. The maximum atomic E-state index is 12.8. The molecule has 0 aliphatic rings. The molecule has 0 aliphatic heterocycles. The van der Waals surface area contributed by atoms with Gasteiger partial charge >= 0.3 is 18.3 Å². The highest BCUT2D eigenvalue weighted by Gasteiger charge is 2.39. The standard InChI is InChI=1S/C13H12F6O2/c1-2-3-6-21-11(20)9-5-4-8(12(14,15)16)7-10(9)13(17,18)19/h4-5,7H,2-3,6H2,1H3. The molecule has 21 heavy (non-hydrogen) atoms. The van der Waals surface area contributed by atoms with Gasteiger partial charge in [-0.2, -0.15) is 26.3 Å². The number of halogens is 6. The van der Waals surface area contributed by atoms with E-state index in [1.165, 1.54) is 0 Å². The molecule has 0 aliphatic carbocycles. The molecule has 0 N–H and O–H groups in total. The third kappa shape index (κ3) is 4.64. The third-order valence-corrected chi connectivity index (χ3v) is 2.60. The van der Waals surface area contributed by atoms with Crippen LogP contribution in [0.5, 0.6) is 0 Å².